The van der Waals surface area contributed by atoms with Gasteiger partial charge in [0, 0.05) is 0 Å². The largest absolute Gasteiger partial charge is 0.508 e. The summed E-state index contributed by atoms with van der Waals surface area (Å²) in [6.07, 6.45) is 3.31. The third-order valence-electron chi connectivity index (χ3n) is 2.04. The number of rotatable bonds is 3. The van der Waals surface area contributed by atoms with Crippen molar-refractivity contribution < 1.29 is 19.8 Å². The van der Waals surface area contributed by atoms with Gasteiger partial charge in [0.25, 0.3) is 0 Å². The third-order valence-corrected chi connectivity index (χ3v) is 2.04. The van der Waals surface area contributed by atoms with Crippen LogP contribution in [0.4, 0.5) is 0 Å². The topological polar surface area (TPSA) is 80.9 Å². The Bertz CT molecular complexity index is 299. The van der Waals surface area contributed by atoms with E-state index in [9.17, 15) is 5.11 Å². The first-order chi connectivity index (χ1) is 7.47. The van der Waals surface area contributed by atoms with Crippen molar-refractivity contribution >= 4 is 8.60 Å². The van der Waals surface area contributed by atoms with Gasteiger partial charge in [0.15, 0.2) is 0 Å². The Morgan fingerprint density at radius 3 is 2.19 bits per heavy atom. The fourth-order valence-corrected chi connectivity index (χ4v) is 1.25. The molecular formula is C11H19O4P. The van der Waals surface area contributed by atoms with Gasteiger partial charge >= 0.3 is 8.60 Å². The summed E-state index contributed by atoms with van der Waals surface area (Å²) >= 11 is 0. The molecule has 0 atom stereocenters. The zero-order valence-corrected chi connectivity index (χ0v) is 10.5. The lowest BCUT2D eigenvalue weighted by molar-refractivity contribution is 0.368. The number of hydrogen-bond acceptors (Lipinski definition) is 4. The molecule has 0 spiro atoms. The van der Waals surface area contributed by atoms with Crippen molar-refractivity contribution in [2.45, 2.75) is 33.1 Å². The Kier molecular flexibility index (Phi) is 8.12. The molecule has 0 heterocycles. The summed E-state index contributed by atoms with van der Waals surface area (Å²) in [7, 11) is -2.62. The molecule has 0 unspecified atom stereocenters. The van der Waals surface area contributed by atoms with Gasteiger partial charge in [-0.2, -0.15) is 0 Å². The number of unbranched alkanes of at least 4 members (excludes halogenated alkanes) is 1. The number of aryl methyl sites for hydroxylation is 2. The van der Waals surface area contributed by atoms with E-state index in [0.29, 0.717) is 5.75 Å². The van der Waals surface area contributed by atoms with Crippen molar-refractivity contribution in [2.75, 3.05) is 0 Å². The van der Waals surface area contributed by atoms with Crippen molar-refractivity contribution in [1.82, 2.24) is 0 Å². The van der Waals surface area contributed by atoms with Gasteiger partial charge in [-0.3, -0.25) is 0 Å². The van der Waals surface area contributed by atoms with Crippen LogP contribution >= 0.6 is 8.60 Å². The summed E-state index contributed by atoms with van der Waals surface area (Å²) in [6, 6.07) is 5.88. The van der Waals surface area contributed by atoms with Gasteiger partial charge in [-0.05, 0) is 37.0 Å². The van der Waals surface area contributed by atoms with Crippen LogP contribution in [0.2, 0.25) is 0 Å². The molecule has 1 aromatic rings. The first-order valence-corrected chi connectivity index (χ1v) is 6.32. The van der Waals surface area contributed by atoms with Crippen molar-refractivity contribution in [3.63, 3.8) is 0 Å². The first-order valence-electron chi connectivity index (χ1n) is 5.12. The van der Waals surface area contributed by atoms with Crippen LogP contribution in [0.1, 0.15) is 30.9 Å². The Balaban J connectivity index is 0.000000487. The van der Waals surface area contributed by atoms with Crippen molar-refractivity contribution in [1.29, 1.82) is 0 Å². The third kappa shape index (κ3) is 7.60. The molecule has 92 valence electrons. The minimum absolute atomic E-state index is 0.448. The highest BCUT2D eigenvalue weighted by molar-refractivity contribution is 7.38. The van der Waals surface area contributed by atoms with E-state index in [0.717, 1.165) is 24.0 Å². The second-order valence-electron chi connectivity index (χ2n) is 3.50. The van der Waals surface area contributed by atoms with Crippen LogP contribution in [-0.4, -0.2) is 19.8 Å². The van der Waals surface area contributed by atoms with Crippen LogP contribution in [0.15, 0.2) is 18.2 Å². The molecular weight excluding hydrogens is 227 g/mol. The lowest BCUT2D eigenvalue weighted by atomic mass is 10.1. The normalized spacial score (nSPS) is 9.88. The molecule has 0 saturated carbocycles. The monoisotopic (exact) mass is 246 g/mol. The molecule has 4 nitrogen and oxygen atoms in total. The summed E-state index contributed by atoms with van der Waals surface area (Å²) in [5.41, 5.74) is 2.19. The molecule has 0 aliphatic carbocycles. The molecule has 0 fully saturated rings. The zero-order valence-electron chi connectivity index (χ0n) is 9.59. The van der Waals surface area contributed by atoms with E-state index in [4.69, 9.17) is 14.7 Å². The predicted molar refractivity (Wildman–Crippen MR) is 65.0 cm³/mol. The lowest BCUT2D eigenvalue weighted by Crippen LogP contribution is -1.85. The molecule has 16 heavy (non-hydrogen) atoms. The molecule has 0 aromatic heterocycles. The van der Waals surface area contributed by atoms with E-state index in [1.165, 1.54) is 6.42 Å². The Labute approximate surface area is 97.2 Å². The second-order valence-corrected chi connectivity index (χ2v) is 4.04. The summed E-state index contributed by atoms with van der Waals surface area (Å²) in [6.45, 7) is 4.15. The highest BCUT2D eigenvalue weighted by Crippen LogP contribution is 2.20. The van der Waals surface area contributed by atoms with Crippen LogP contribution in [0.25, 0.3) is 0 Å². The Morgan fingerprint density at radius 2 is 1.75 bits per heavy atom. The van der Waals surface area contributed by atoms with Crippen molar-refractivity contribution in [3.8, 4) is 5.75 Å². The van der Waals surface area contributed by atoms with Crippen LogP contribution in [-0.2, 0) is 6.42 Å². The molecule has 0 radical (unpaired) electrons. The summed E-state index contributed by atoms with van der Waals surface area (Å²) < 4.78 is 0. The SMILES string of the molecule is CCCCc1ccc(C)cc1O.OP(O)O. The predicted octanol–water partition coefficient (Wildman–Crippen LogP) is 2.23. The van der Waals surface area contributed by atoms with E-state index in [-0.39, 0.29) is 0 Å². The molecule has 5 heteroatoms. The van der Waals surface area contributed by atoms with E-state index in [2.05, 4.69) is 6.92 Å². The lowest BCUT2D eigenvalue weighted by Gasteiger charge is -2.03. The van der Waals surface area contributed by atoms with Gasteiger partial charge in [0.05, 0.1) is 0 Å². The fourth-order valence-electron chi connectivity index (χ4n) is 1.25. The smallest absolute Gasteiger partial charge is 0.324 e. The number of phenolic OH excluding ortho intramolecular Hbond substituents is 1. The molecule has 0 amide bonds. The number of phenols is 1. The first kappa shape index (κ1) is 15.3. The molecule has 0 bridgehead atoms. The quantitative estimate of drug-likeness (QED) is 0.616. The second kappa shape index (κ2) is 8.48. The van der Waals surface area contributed by atoms with Gasteiger partial charge in [-0.1, -0.05) is 25.5 Å². The standard InChI is InChI=1S/C11H16O.H3O3P/c1-3-4-5-10-7-6-9(2)8-11(10)12;1-4(2)3/h6-8,12H,3-5H2,1-2H3;1-3H. The van der Waals surface area contributed by atoms with E-state index in [1.807, 2.05) is 25.1 Å². The maximum Gasteiger partial charge on any atom is 0.324 e. The summed E-state index contributed by atoms with van der Waals surface area (Å²) in [4.78, 5) is 21.7. The number of benzene rings is 1. The van der Waals surface area contributed by atoms with Crippen LogP contribution < -0.4 is 0 Å². The Hall–Kier alpha value is -0.670. The minimum atomic E-state index is -2.62. The van der Waals surface area contributed by atoms with Crippen LogP contribution in [0.5, 0.6) is 5.75 Å². The highest BCUT2D eigenvalue weighted by atomic mass is 31.2. The maximum absolute atomic E-state index is 9.52. The molecule has 0 aliphatic heterocycles. The number of aromatic hydroxyl groups is 1. The molecule has 4 N–H and O–H groups in total. The van der Waals surface area contributed by atoms with Crippen molar-refractivity contribution in [2.24, 2.45) is 0 Å². The van der Waals surface area contributed by atoms with Crippen LogP contribution in [0.3, 0.4) is 0 Å². The highest BCUT2D eigenvalue weighted by Gasteiger charge is 1.99. The van der Waals surface area contributed by atoms with Gasteiger partial charge in [0.2, 0.25) is 0 Å². The van der Waals surface area contributed by atoms with Gasteiger partial charge in [-0.15, -0.1) is 0 Å². The average Bonchev–Trinajstić information content (AvgIpc) is 2.15. The molecule has 1 aromatic carbocycles. The van der Waals surface area contributed by atoms with E-state index < -0.39 is 8.60 Å². The van der Waals surface area contributed by atoms with Crippen molar-refractivity contribution in [3.05, 3.63) is 29.3 Å². The fraction of sp³-hybridized carbons (Fsp3) is 0.455. The Morgan fingerprint density at radius 1 is 1.19 bits per heavy atom. The molecule has 0 aliphatic rings. The van der Waals surface area contributed by atoms with Gasteiger partial charge in [0.1, 0.15) is 5.75 Å². The maximum atomic E-state index is 9.52. The molecule has 0 saturated heterocycles. The van der Waals surface area contributed by atoms with E-state index >= 15 is 0 Å². The minimum Gasteiger partial charge on any atom is -0.508 e. The van der Waals surface area contributed by atoms with Gasteiger partial charge < -0.3 is 19.8 Å². The van der Waals surface area contributed by atoms with Crippen LogP contribution in [0, 0.1) is 6.92 Å². The van der Waals surface area contributed by atoms with Gasteiger partial charge in [-0.25, -0.2) is 0 Å². The zero-order chi connectivity index (χ0) is 12.6. The summed E-state index contributed by atoms with van der Waals surface area (Å²) in [5, 5.41) is 9.52. The number of hydrogen-bond donors (Lipinski definition) is 4. The average molecular weight is 246 g/mol. The summed E-state index contributed by atoms with van der Waals surface area (Å²) in [5.74, 6) is 0.448. The van der Waals surface area contributed by atoms with E-state index in [1.54, 1.807) is 0 Å². The molecule has 1 rings (SSSR count).